The Bertz CT molecular complexity index is 977. The highest BCUT2D eigenvalue weighted by Crippen LogP contribution is 2.42. The highest BCUT2D eigenvalue weighted by atomic mass is 16.5. The first-order valence-corrected chi connectivity index (χ1v) is 9.23. The Hall–Kier alpha value is -3.12. The van der Waals surface area contributed by atoms with Gasteiger partial charge in [0.05, 0.1) is 25.5 Å². The van der Waals surface area contributed by atoms with Gasteiger partial charge in [-0.05, 0) is 24.6 Å². The molecule has 3 aromatic rings. The molecule has 1 unspecified atom stereocenters. The second-order valence-electron chi connectivity index (χ2n) is 6.89. The van der Waals surface area contributed by atoms with Crippen LogP contribution in [0.2, 0.25) is 0 Å². The first-order valence-electron chi connectivity index (χ1n) is 9.23. The van der Waals surface area contributed by atoms with Gasteiger partial charge in [-0.3, -0.25) is 9.89 Å². The predicted octanol–water partition coefficient (Wildman–Crippen LogP) is 3.59. The van der Waals surface area contributed by atoms with Crippen LogP contribution < -0.4 is 4.74 Å². The smallest absolute Gasteiger partial charge is 0.273 e. The lowest BCUT2D eigenvalue weighted by Gasteiger charge is -2.26. The maximum atomic E-state index is 13.1. The molecule has 1 aromatic heterocycles. The minimum atomic E-state index is -0.224. The zero-order chi connectivity index (χ0) is 19.7. The number of amides is 1. The molecular formula is C22H23N3O3. The number of benzene rings is 2. The summed E-state index contributed by atoms with van der Waals surface area (Å²) in [7, 11) is 3.28. The topological polar surface area (TPSA) is 67.5 Å². The fourth-order valence-electron chi connectivity index (χ4n) is 3.68. The molecule has 6 heteroatoms. The quantitative estimate of drug-likeness (QED) is 0.713. The van der Waals surface area contributed by atoms with Crippen LogP contribution in [0.3, 0.4) is 0 Å². The van der Waals surface area contributed by atoms with Crippen LogP contribution >= 0.6 is 0 Å². The van der Waals surface area contributed by atoms with E-state index < -0.39 is 0 Å². The number of aryl methyl sites for hydroxylation is 1. The molecule has 4 rings (SSSR count). The molecule has 0 radical (unpaired) electrons. The highest BCUT2D eigenvalue weighted by molar-refractivity contribution is 6.00. The summed E-state index contributed by atoms with van der Waals surface area (Å²) in [4.78, 5) is 14.9. The van der Waals surface area contributed by atoms with E-state index in [4.69, 9.17) is 9.47 Å². The average Bonchev–Trinajstić information content (AvgIpc) is 3.26. The van der Waals surface area contributed by atoms with Crippen molar-refractivity contribution in [2.24, 2.45) is 0 Å². The van der Waals surface area contributed by atoms with Crippen molar-refractivity contribution in [3.8, 4) is 17.0 Å². The summed E-state index contributed by atoms with van der Waals surface area (Å²) in [5, 5.41) is 7.45. The molecule has 6 nitrogen and oxygen atoms in total. The van der Waals surface area contributed by atoms with E-state index in [1.807, 2.05) is 41.3 Å². The van der Waals surface area contributed by atoms with Crippen LogP contribution in [-0.2, 0) is 4.74 Å². The Morgan fingerprint density at radius 1 is 1.07 bits per heavy atom. The van der Waals surface area contributed by atoms with Crippen LogP contribution in [0.25, 0.3) is 11.3 Å². The summed E-state index contributed by atoms with van der Waals surface area (Å²) in [5.41, 5.74) is 5.45. The summed E-state index contributed by atoms with van der Waals surface area (Å²) in [6.45, 7) is 3.02. The first kappa shape index (κ1) is 18.3. The Balaban J connectivity index is 1.83. The van der Waals surface area contributed by atoms with Gasteiger partial charge < -0.3 is 14.4 Å². The molecule has 0 aliphatic carbocycles. The molecule has 1 aliphatic heterocycles. The largest absolute Gasteiger partial charge is 0.497 e. The van der Waals surface area contributed by atoms with Crippen LogP contribution in [0.4, 0.5) is 0 Å². The van der Waals surface area contributed by atoms with E-state index in [0.29, 0.717) is 18.8 Å². The molecular weight excluding hydrogens is 354 g/mol. The Labute approximate surface area is 164 Å². The molecule has 0 bridgehead atoms. The lowest BCUT2D eigenvalue weighted by atomic mass is 9.95. The average molecular weight is 377 g/mol. The van der Waals surface area contributed by atoms with Gasteiger partial charge in [-0.15, -0.1) is 0 Å². The molecule has 2 aromatic carbocycles. The van der Waals surface area contributed by atoms with Gasteiger partial charge in [0.25, 0.3) is 5.91 Å². The SMILES string of the molecule is COCCN1C(=O)c2[nH]nc(-c3ccc(C)cc3)c2C1c1ccc(OC)cc1. The van der Waals surface area contributed by atoms with E-state index in [2.05, 4.69) is 29.3 Å². The standard InChI is InChI=1S/C22H23N3O3/c1-14-4-6-15(7-5-14)19-18-20(24-23-19)22(26)25(12-13-27-2)21(18)16-8-10-17(28-3)11-9-16/h4-11,21H,12-13H2,1-3H3,(H,23,24). The third-order valence-electron chi connectivity index (χ3n) is 5.16. The number of carbonyl (C=O) groups excluding carboxylic acids is 1. The van der Waals surface area contributed by atoms with Gasteiger partial charge in [0.2, 0.25) is 0 Å². The van der Waals surface area contributed by atoms with Crippen molar-refractivity contribution in [2.75, 3.05) is 27.4 Å². The fourth-order valence-corrected chi connectivity index (χ4v) is 3.68. The minimum absolute atomic E-state index is 0.0567. The predicted molar refractivity (Wildman–Crippen MR) is 107 cm³/mol. The van der Waals surface area contributed by atoms with Crippen molar-refractivity contribution in [2.45, 2.75) is 13.0 Å². The normalized spacial score (nSPS) is 15.8. The zero-order valence-electron chi connectivity index (χ0n) is 16.2. The Morgan fingerprint density at radius 3 is 2.43 bits per heavy atom. The number of nitrogens with one attached hydrogen (secondary N) is 1. The number of ether oxygens (including phenoxy) is 2. The number of nitrogens with zero attached hydrogens (tertiary/aromatic N) is 2. The third-order valence-corrected chi connectivity index (χ3v) is 5.16. The number of carbonyl (C=O) groups is 1. The van der Waals surface area contributed by atoms with Crippen molar-refractivity contribution >= 4 is 5.91 Å². The van der Waals surface area contributed by atoms with Crippen LogP contribution in [-0.4, -0.2) is 48.4 Å². The molecule has 0 fully saturated rings. The van der Waals surface area contributed by atoms with Crippen molar-refractivity contribution in [1.29, 1.82) is 0 Å². The van der Waals surface area contributed by atoms with Crippen molar-refractivity contribution in [1.82, 2.24) is 15.1 Å². The third kappa shape index (κ3) is 3.05. The van der Waals surface area contributed by atoms with Gasteiger partial charge in [-0.1, -0.05) is 42.0 Å². The molecule has 28 heavy (non-hydrogen) atoms. The van der Waals surface area contributed by atoms with Crippen molar-refractivity contribution in [3.63, 3.8) is 0 Å². The van der Waals surface area contributed by atoms with Gasteiger partial charge in [0.15, 0.2) is 0 Å². The van der Waals surface area contributed by atoms with E-state index in [1.54, 1.807) is 14.2 Å². The number of H-pyrrole nitrogens is 1. The van der Waals surface area contributed by atoms with Crippen molar-refractivity contribution < 1.29 is 14.3 Å². The second kappa shape index (κ2) is 7.48. The molecule has 1 atom stereocenters. The summed E-state index contributed by atoms with van der Waals surface area (Å²) < 4.78 is 10.5. The van der Waals surface area contributed by atoms with E-state index in [1.165, 1.54) is 5.56 Å². The lowest BCUT2D eigenvalue weighted by Crippen LogP contribution is -2.32. The van der Waals surface area contributed by atoms with E-state index >= 15 is 0 Å². The maximum Gasteiger partial charge on any atom is 0.273 e. The lowest BCUT2D eigenvalue weighted by molar-refractivity contribution is 0.0677. The monoisotopic (exact) mass is 377 g/mol. The number of rotatable bonds is 6. The van der Waals surface area contributed by atoms with E-state index in [-0.39, 0.29) is 11.9 Å². The molecule has 0 spiro atoms. The highest BCUT2D eigenvalue weighted by Gasteiger charge is 2.41. The van der Waals surface area contributed by atoms with Gasteiger partial charge in [0.1, 0.15) is 11.4 Å². The molecule has 0 saturated carbocycles. The minimum Gasteiger partial charge on any atom is -0.497 e. The molecule has 1 amide bonds. The fraction of sp³-hybridized carbons (Fsp3) is 0.273. The van der Waals surface area contributed by atoms with Gasteiger partial charge in [-0.2, -0.15) is 5.10 Å². The summed E-state index contributed by atoms with van der Waals surface area (Å²) >= 11 is 0. The molecule has 1 N–H and O–H groups in total. The number of aromatic nitrogens is 2. The summed E-state index contributed by atoms with van der Waals surface area (Å²) in [6.07, 6.45) is 0. The summed E-state index contributed by atoms with van der Waals surface area (Å²) in [6, 6.07) is 15.8. The summed E-state index contributed by atoms with van der Waals surface area (Å²) in [5.74, 6) is 0.724. The molecule has 0 saturated heterocycles. The van der Waals surface area contributed by atoms with E-state index in [0.717, 1.165) is 28.1 Å². The van der Waals surface area contributed by atoms with Crippen LogP contribution in [0.5, 0.6) is 5.75 Å². The van der Waals surface area contributed by atoms with Crippen molar-refractivity contribution in [3.05, 3.63) is 70.9 Å². The van der Waals surface area contributed by atoms with Gasteiger partial charge in [0, 0.05) is 24.8 Å². The second-order valence-corrected chi connectivity index (χ2v) is 6.89. The zero-order valence-corrected chi connectivity index (χ0v) is 16.2. The first-order chi connectivity index (χ1) is 13.6. The maximum absolute atomic E-state index is 13.1. The molecule has 2 heterocycles. The number of methoxy groups -OCH3 is 2. The number of aromatic amines is 1. The number of hydrogen-bond donors (Lipinski definition) is 1. The number of hydrogen-bond acceptors (Lipinski definition) is 4. The van der Waals surface area contributed by atoms with Gasteiger partial charge in [-0.25, -0.2) is 0 Å². The van der Waals surface area contributed by atoms with Gasteiger partial charge >= 0.3 is 0 Å². The Kier molecular flexibility index (Phi) is 4.88. The van der Waals surface area contributed by atoms with E-state index in [9.17, 15) is 4.79 Å². The number of fused-ring (bicyclic) bond motifs is 1. The Morgan fingerprint density at radius 2 is 1.79 bits per heavy atom. The van der Waals surface area contributed by atoms with Crippen LogP contribution in [0, 0.1) is 6.92 Å². The molecule has 144 valence electrons. The van der Waals surface area contributed by atoms with Crippen LogP contribution in [0.1, 0.15) is 33.2 Å². The van der Waals surface area contributed by atoms with Crippen LogP contribution in [0.15, 0.2) is 48.5 Å². The molecule has 1 aliphatic rings.